The summed E-state index contributed by atoms with van der Waals surface area (Å²) in [5, 5.41) is 2.86. The number of furan rings is 1. The van der Waals surface area contributed by atoms with Crippen LogP contribution < -0.4 is 10.9 Å². The van der Waals surface area contributed by atoms with Gasteiger partial charge in [0.25, 0.3) is 5.56 Å². The number of nitrogens with one attached hydrogen (secondary N) is 2. The van der Waals surface area contributed by atoms with Gasteiger partial charge >= 0.3 is 6.03 Å². The van der Waals surface area contributed by atoms with Gasteiger partial charge in [0.15, 0.2) is 0 Å². The summed E-state index contributed by atoms with van der Waals surface area (Å²) < 4.78 is 5.43. The third-order valence-corrected chi connectivity index (χ3v) is 4.23. The molecule has 23 heavy (non-hydrogen) atoms. The molecule has 6 nitrogen and oxygen atoms in total. The Balaban J connectivity index is 1.67. The summed E-state index contributed by atoms with van der Waals surface area (Å²) in [5.41, 5.74) is 3.22. The Bertz CT molecular complexity index is 776. The number of rotatable bonds is 2. The number of hydrogen-bond donors (Lipinski definition) is 2. The third-order valence-electron chi connectivity index (χ3n) is 4.23. The number of H-pyrrole nitrogens is 1. The van der Waals surface area contributed by atoms with Crippen molar-refractivity contribution in [2.24, 2.45) is 0 Å². The lowest BCUT2D eigenvalue weighted by atomic mass is 10.1. The first kappa shape index (κ1) is 15.4. The Hall–Kier alpha value is -2.50. The first-order valence-electron chi connectivity index (χ1n) is 7.82. The van der Waals surface area contributed by atoms with Crippen LogP contribution >= 0.6 is 0 Å². The first-order valence-corrected chi connectivity index (χ1v) is 7.82. The van der Waals surface area contributed by atoms with Crippen molar-refractivity contribution in [3.63, 3.8) is 0 Å². The molecule has 0 radical (unpaired) electrons. The molecule has 2 N–H and O–H groups in total. The van der Waals surface area contributed by atoms with E-state index >= 15 is 0 Å². The van der Waals surface area contributed by atoms with Crippen LogP contribution in [0.5, 0.6) is 0 Å². The van der Waals surface area contributed by atoms with Crippen LogP contribution in [0.15, 0.2) is 27.6 Å². The molecule has 122 valence electrons. The highest BCUT2D eigenvalue weighted by Crippen LogP contribution is 2.19. The Morgan fingerprint density at radius 2 is 2.26 bits per heavy atom. The van der Waals surface area contributed by atoms with Crippen molar-refractivity contribution < 1.29 is 9.21 Å². The molecular formula is C17H21N3O3. The summed E-state index contributed by atoms with van der Waals surface area (Å²) in [6, 6.07) is 3.67. The zero-order valence-electron chi connectivity index (χ0n) is 13.4. The Labute approximate surface area is 134 Å². The number of hydrogen-bond acceptors (Lipinski definition) is 3. The maximum atomic E-state index is 12.4. The van der Waals surface area contributed by atoms with Crippen molar-refractivity contribution in [3.05, 3.63) is 56.9 Å². The molecule has 0 aliphatic carbocycles. The zero-order valence-corrected chi connectivity index (χ0v) is 13.4. The molecule has 0 bridgehead atoms. The second-order valence-corrected chi connectivity index (χ2v) is 6.00. The smallest absolute Gasteiger partial charge is 0.317 e. The molecule has 0 saturated carbocycles. The van der Waals surface area contributed by atoms with Crippen molar-refractivity contribution in [2.45, 2.75) is 39.8 Å². The minimum absolute atomic E-state index is 0.143. The van der Waals surface area contributed by atoms with Crippen LogP contribution in [0.4, 0.5) is 4.79 Å². The number of fused-ring (bicyclic) bond motifs is 1. The van der Waals surface area contributed by atoms with Gasteiger partial charge in [-0.25, -0.2) is 4.79 Å². The van der Waals surface area contributed by atoms with Crippen LogP contribution in [-0.4, -0.2) is 22.5 Å². The van der Waals surface area contributed by atoms with Crippen LogP contribution in [0.1, 0.15) is 34.6 Å². The number of aryl methyl sites for hydroxylation is 3. The summed E-state index contributed by atoms with van der Waals surface area (Å²) in [6.07, 6.45) is 3.39. The van der Waals surface area contributed by atoms with Gasteiger partial charge in [-0.05, 0) is 38.0 Å². The number of aromatic amines is 1. The molecule has 0 fully saturated rings. The first-order chi connectivity index (χ1) is 11.0. The Kier molecular flexibility index (Phi) is 4.23. The predicted octanol–water partition coefficient (Wildman–Crippen LogP) is 2.24. The summed E-state index contributed by atoms with van der Waals surface area (Å²) >= 11 is 0. The predicted molar refractivity (Wildman–Crippen MR) is 86.2 cm³/mol. The highest BCUT2D eigenvalue weighted by Gasteiger charge is 2.20. The molecule has 6 heteroatoms. The van der Waals surface area contributed by atoms with Crippen LogP contribution in [0, 0.1) is 13.8 Å². The van der Waals surface area contributed by atoms with Gasteiger partial charge in [0.1, 0.15) is 5.76 Å². The van der Waals surface area contributed by atoms with Gasteiger partial charge < -0.3 is 19.6 Å². The number of carbonyl (C=O) groups excluding carboxylic acids is 1. The van der Waals surface area contributed by atoms with Crippen LogP contribution in [0.2, 0.25) is 0 Å². The number of pyridine rings is 1. The van der Waals surface area contributed by atoms with E-state index < -0.39 is 0 Å². The SMILES string of the molecule is Cc1cc(C)c(CNC(=O)N2CCCc3occc3C2)c(=O)[nH]1. The maximum absolute atomic E-state index is 12.4. The maximum Gasteiger partial charge on any atom is 0.317 e. The fourth-order valence-corrected chi connectivity index (χ4v) is 2.99. The lowest BCUT2D eigenvalue weighted by molar-refractivity contribution is 0.195. The van der Waals surface area contributed by atoms with Gasteiger partial charge in [-0.15, -0.1) is 0 Å². The van der Waals surface area contributed by atoms with Gasteiger partial charge in [-0.1, -0.05) is 0 Å². The number of nitrogens with zero attached hydrogens (tertiary/aromatic N) is 1. The van der Waals surface area contributed by atoms with E-state index in [1.165, 1.54) is 0 Å². The Morgan fingerprint density at radius 1 is 1.43 bits per heavy atom. The quantitative estimate of drug-likeness (QED) is 0.892. The van der Waals surface area contributed by atoms with Crippen molar-refractivity contribution >= 4 is 6.03 Å². The minimum atomic E-state index is -0.154. The topological polar surface area (TPSA) is 78.3 Å². The molecule has 0 unspecified atom stereocenters. The molecule has 2 amide bonds. The molecule has 1 aliphatic rings. The summed E-state index contributed by atoms with van der Waals surface area (Å²) in [4.78, 5) is 29.0. The molecule has 2 aromatic rings. The Morgan fingerprint density at radius 3 is 3.04 bits per heavy atom. The number of urea groups is 1. The van der Waals surface area contributed by atoms with Gasteiger partial charge in [-0.3, -0.25) is 4.79 Å². The van der Waals surface area contributed by atoms with E-state index in [0.717, 1.165) is 35.4 Å². The molecule has 0 atom stereocenters. The summed E-state index contributed by atoms with van der Waals surface area (Å²) in [7, 11) is 0. The molecular weight excluding hydrogens is 294 g/mol. The molecule has 2 aromatic heterocycles. The van der Waals surface area contributed by atoms with E-state index in [2.05, 4.69) is 10.3 Å². The van der Waals surface area contributed by atoms with Gasteiger partial charge in [0.05, 0.1) is 19.4 Å². The van der Waals surface area contributed by atoms with E-state index in [1.54, 1.807) is 11.2 Å². The van der Waals surface area contributed by atoms with Crippen LogP contribution in [0.25, 0.3) is 0 Å². The fourth-order valence-electron chi connectivity index (χ4n) is 2.99. The second kappa shape index (κ2) is 6.32. The van der Waals surface area contributed by atoms with Gasteiger partial charge in [-0.2, -0.15) is 0 Å². The standard InChI is InChI=1S/C17H21N3O3/c1-11-8-12(2)19-16(21)14(11)9-18-17(22)20-6-3-4-15-13(10-20)5-7-23-15/h5,7-8H,3-4,6,9-10H2,1-2H3,(H,18,22)(H,19,21). The lowest BCUT2D eigenvalue weighted by Crippen LogP contribution is -2.40. The highest BCUT2D eigenvalue weighted by molar-refractivity contribution is 5.74. The zero-order chi connectivity index (χ0) is 16.4. The lowest BCUT2D eigenvalue weighted by Gasteiger charge is -2.21. The normalized spacial score (nSPS) is 14.3. The number of amides is 2. The average Bonchev–Trinajstić information content (AvgIpc) is 2.83. The van der Waals surface area contributed by atoms with Gasteiger partial charge in [0, 0.05) is 29.8 Å². The summed E-state index contributed by atoms with van der Waals surface area (Å²) in [6.45, 7) is 5.18. The summed E-state index contributed by atoms with van der Waals surface area (Å²) in [5.74, 6) is 0.964. The van der Waals surface area contributed by atoms with E-state index in [1.807, 2.05) is 26.0 Å². The van der Waals surface area contributed by atoms with E-state index in [4.69, 9.17) is 4.42 Å². The number of aromatic nitrogens is 1. The average molecular weight is 315 g/mol. The molecule has 1 aliphatic heterocycles. The number of carbonyl (C=O) groups is 1. The molecule has 0 aromatic carbocycles. The van der Waals surface area contributed by atoms with Crippen LogP contribution in [0.3, 0.4) is 0 Å². The van der Waals surface area contributed by atoms with Crippen molar-refractivity contribution in [3.8, 4) is 0 Å². The molecule has 3 rings (SSSR count). The molecule has 0 saturated heterocycles. The molecule has 3 heterocycles. The third kappa shape index (κ3) is 3.31. The second-order valence-electron chi connectivity index (χ2n) is 6.00. The molecule has 0 spiro atoms. The van der Waals surface area contributed by atoms with E-state index in [9.17, 15) is 9.59 Å². The minimum Gasteiger partial charge on any atom is -0.469 e. The largest absolute Gasteiger partial charge is 0.469 e. The van der Waals surface area contributed by atoms with E-state index in [0.29, 0.717) is 18.7 Å². The highest BCUT2D eigenvalue weighted by atomic mass is 16.3. The van der Waals surface area contributed by atoms with Crippen molar-refractivity contribution in [2.75, 3.05) is 6.54 Å². The monoisotopic (exact) mass is 315 g/mol. The fraction of sp³-hybridized carbons (Fsp3) is 0.412. The van der Waals surface area contributed by atoms with Gasteiger partial charge in [0.2, 0.25) is 0 Å². The van der Waals surface area contributed by atoms with Crippen LogP contribution in [-0.2, 0) is 19.5 Å². The van der Waals surface area contributed by atoms with E-state index in [-0.39, 0.29) is 18.1 Å². The van der Waals surface area contributed by atoms with Crippen molar-refractivity contribution in [1.29, 1.82) is 0 Å². The van der Waals surface area contributed by atoms with Crippen molar-refractivity contribution in [1.82, 2.24) is 15.2 Å².